The van der Waals surface area contributed by atoms with Gasteiger partial charge < -0.3 is 9.63 Å². The summed E-state index contributed by atoms with van der Waals surface area (Å²) in [7, 11) is 0. The molecule has 0 saturated carbocycles. The number of hydrogen-bond acceptors (Lipinski definition) is 3. The first kappa shape index (κ1) is 8.77. The highest BCUT2D eigenvalue weighted by atomic mass is 16.5. The van der Waals surface area contributed by atoms with E-state index >= 15 is 0 Å². The number of aromatic nitrogens is 1. The minimum atomic E-state index is -0.927. The molecule has 0 spiro atoms. The second-order valence-corrected chi connectivity index (χ2v) is 3.23. The molecule has 0 fully saturated rings. The quantitative estimate of drug-likeness (QED) is 0.725. The molecule has 66 valence electrons. The third-order valence-electron chi connectivity index (χ3n) is 1.96. The number of aliphatic carboxylic acids is 1. The Bertz CT molecular complexity index is 301. The van der Waals surface area contributed by atoms with Crippen molar-refractivity contribution in [1.82, 2.24) is 5.16 Å². The molecule has 0 saturated heterocycles. The number of carboxylic acids is 1. The van der Waals surface area contributed by atoms with Crippen LogP contribution in [0.2, 0.25) is 0 Å². The fraction of sp³-hybridized carbons (Fsp3) is 0.500. The Morgan fingerprint density at radius 1 is 1.67 bits per heavy atom. The van der Waals surface area contributed by atoms with Gasteiger partial charge in [-0.2, -0.15) is 0 Å². The normalized spacial score (nSPS) is 11.6. The van der Waals surface area contributed by atoms with Crippen molar-refractivity contribution >= 4 is 5.97 Å². The third-order valence-corrected chi connectivity index (χ3v) is 1.96. The molecule has 4 heteroatoms. The van der Waals surface area contributed by atoms with Crippen molar-refractivity contribution in [2.24, 2.45) is 0 Å². The van der Waals surface area contributed by atoms with Crippen LogP contribution in [0.3, 0.4) is 0 Å². The van der Waals surface area contributed by atoms with Gasteiger partial charge >= 0.3 is 5.97 Å². The zero-order chi connectivity index (χ0) is 9.35. The lowest BCUT2D eigenvalue weighted by molar-refractivity contribution is -0.142. The molecule has 4 nitrogen and oxygen atoms in total. The van der Waals surface area contributed by atoms with Gasteiger partial charge in [0.2, 0.25) is 0 Å². The summed E-state index contributed by atoms with van der Waals surface area (Å²) in [4.78, 5) is 10.8. The number of rotatable bonds is 2. The highest BCUT2D eigenvalue weighted by molar-refractivity contribution is 5.80. The topological polar surface area (TPSA) is 63.3 Å². The zero-order valence-electron chi connectivity index (χ0n) is 7.29. The first-order chi connectivity index (χ1) is 5.46. The van der Waals surface area contributed by atoms with Gasteiger partial charge in [0.15, 0.2) is 0 Å². The molecule has 12 heavy (non-hydrogen) atoms. The van der Waals surface area contributed by atoms with E-state index in [-0.39, 0.29) is 0 Å². The maximum Gasteiger partial charge on any atom is 0.313 e. The van der Waals surface area contributed by atoms with Crippen molar-refractivity contribution in [3.8, 4) is 0 Å². The lowest BCUT2D eigenvalue weighted by Crippen LogP contribution is -2.28. The average molecular weight is 169 g/mol. The van der Waals surface area contributed by atoms with Crippen LogP contribution in [0.4, 0.5) is 0 Å². The highest BCUT2D eigenvalue weighted by Crippen LogP contribution is 2.25. The molecule has 1 N–H and O–H groups in total. The van der Waals surface area contributed by atoms with Crippen LogP contribution in [-0.2, 0) is 10.2 Å². The zero-order valence-corrected chi connectivity index (χ0v) is 7.29. The Balaban J connectivity index is 3.13. The molecule has 1 rings (SSSR count). The van der Waals surface area contributed by atoms with Crippen LogP contribution in [0.1, 0.15) is 25.2 Å². The molecule has 0 unspecified atom stereocenters. The number of hydrogen-bond donors (Lipinski definition) is 1. The molecule has 0 aliphatic carbocycles. The maximum atomic E-state index is 10.8. The van der Waals surface area contributed by atoms with Crippen molar-refractivity contribution in [3.05, 3.63) is 17.5 Å². The third kappa shape index (κ3) is 1.20. The van der Waals surface area contributed by atoms with Gasteiger partial charge in [0.25, 0.3) is 0 Å². The summed E-state index contributed by atoms with van der Waals surface area (Å²) >= 11 is 0. The van der Waals surface area contributed by atoms with Crippen LogP contribution < -0.4 is 0 Å². The minimum absolute atomic E-state index is 0.558. The van der Waals surface area contributed by atoms with E-state index in [0.717, 1.165) is 0 Å². The van der Waals surface area contributed by atoms with Gasteiger partial charge in [0.05, 0.1) is 11.6 Å². The fourth-order valence-electron chi connectivity index (χ4n) is 1.01. The fourth-order valence-corrected chi connectivity index (χ4v) is 1.01. The van der Waals surface area contributed by atoms with Gasteiger partial charge in [0.1, 0.15) is 5.76 Å². The van der Waals surface area contributed by atoms with Gasteiger partial charge in [-0.15, -0.1) is 0 Å². The Labute approximate surface area is 70.2 Å². The molecular formula is C8H11NO3. The molecule has 0 atom stereocenters. The summed E-state index contributed by atoms with van der Waals surface area (Å²) in [6, 6.07) is 0. The molecule has 0 aliphatic rings. The molecule has 0 aliphatic heterocycles. The van der Waals surface area contributed by atoms with Crippen molar-refractivity contribution in [1.29, 1.82) is 0 Å². The second kappa shape index (κ2) is 2.62. The van der Waals surface area contributed by atoms with Crippen molar-refractivity contribution in [2.75, 3.05) is 0 Å². The minimum Gasteiger partial charge on any atom is -0.481 e. The summed E-state index contributed by atoms with van der Waals surface area (Å²) in [6.45, 7) is 4.94. The van der Waals surface area contributed by atoms with Crippen molar-refractivity contribution < 1.29 is 14.4 Å². The van der Waals surface area contributed by atoms with Crippen LogP contribution >= 0.6 is 0 Å². The van der Waals surface area contributed by atoms with Crippen LogP contribution in [0, 0.1) is 6.92 Å². The maximum absolute atomic E-state index is 10.8. The second-order valence-electron chi connectivity index (χ2n) is 3.23. The number of nitrogens with zero attached hydrogens (tertiary/aromatic N) is 1. The monoisotopic (exact) mass is 169 g/mol. The van der Waals surface area contributed by atoms with E-state index in [1.165, 1.54) is 6.20 Å². The van der Waals surface area contributed by atoms with E-state index in [1.807, 2.05) is 0 Å². The first-order valence-corrected chi connectivity index (χ1v) is 3.61. The summed E-state index contributed by atoms with van der Waals surface area (Å²) in [6.07, 6.45) is 1.45. The Morgan fingerprint density at radius 3 is 2.58 bits per heavy atom. The van der Waals surface area contributed by atoms with Crippen molar-refractivity contribution in [3.63, 3.8) is 0 Å². The largest absolute Gasteiger partial charge is 0.481 e. The van der Waals surface area contributed by atoms with Gasteiger partial charge in [-0.3, -0.25) is 4.79 Å². The summed E-state index contributed by atoms with van der Waals surface area (Å²) in [5, 5.41) is 12.4. The molecular weight excluding hydrogens is 158 g/mol. The molecule has 0 bridgehead atoms. The smallest absolute Gasteiger partial charge is 0.313 e. The Kier molecular flexibility index (Phi) is 1.92. The summed E-state index contributed by atoms with van der Waals surface area (Å²) in [5.74, 6) is -0.323. The molecule has 0 amide bonds. The predicted molar refractivity (Wildman–Crippen MR) is 41.9 cm³/mol. The first-order valence-electron chi connectivity index (χ1n) is 3.61. The lowest BCUT2D eigenvalue weighted by atomic mass is 9.85. The van der Waals surface area contributed by atoms with E-state index in [2.05, 4.69) is 5.16 Å². The van der Waals surface area contributed by atoms with Gasteiger partial charge in [0, 0.05) is 5.56 Å². The molecule has 1 aromatic rings. The Hall–Kier alpha value is -1.32. The van der Waals surface area contributed by atoms with E-state index in [9.17, 15) is 4.79 Å². The number of carbonyl (C=O) groups is 1. The van der Waals surface area contributed by atoms with Gasteiger partial charge in [-0.05, 0) is 20.8 Å². The highest BCUT2D eigenvalue weighted by Gasteiger charge is 2.32. The van der Waals surface area contributed by atoms with Crippen LogP contribution in [0.15, 0.2) is 10.7 Å². The predicted octanol–water partition coefficient (Wildman–Crippen LogP) is 1.35. The Morgan fingerprint density at radius 2 is 2.25 bits per heavy atom. The molecule has 1 heterocycles. The standard InChI is InChI=1S/C8H11NO3/c1-5-6(4-9-12-5)8(2,3)7(10)11/h4H,1-3H3,(H,10,11). The average Bonchev–Trinajstić information content (AvgIpc) is 2.35. The SMILES string of the molecule is Cc1oncc1C(C)(C)C(=O)O. The summed E-state index contributed by atoms with van der Waals surface area (Å²) < 4.78 is 4.79. The van der Waals surface area contributed by atoms with Crippen LogP contribution in [0.25, 0.3) is 0 Å². The summed E-state index contributed by atoms with van der Waals surface area (Å²) in [5.41, 5.74) is -0.306. The van der Waals surface area contributed by atoms with E-state index in [1.54, 1.807) is 20.8 Å². The van der Waals surface area contributed by atoms with Gasteiger partial charge in [-0.1, -0.05) is 5.16 Å². The number of carboxylic acid groups (broad SMARTS) is 1. The van der Waals surface area contributed by atoms with E-state index < -0.39 is 11.4 Å². The van der Waals surface area contributed by atoms with Gasteiger partial charge in [-0.25, -0.2) is 0 Å². The van der Waals surface area contributed by atoms with Crippen LogP contribution in [-0.4, -0.2) is 16.2 Å². The van der Waals surface area contributed by atoms with Crippen molar-refractivity contribution in [2.45, 2.75) is 26.2 Å². The van der Waals surface area contributed by atoms with E-state index in [0.29, 0.717) is 11.3 Å². The van der Waals surface area contributed by atoms with E-state index in [4.69, 9.17) is 9.63 Å². The molecule has 0 aromatic carbocycles. The lowest BCUT2D eigenvalue weighted by Gasteiger charge is -2.16. The molecule has 0 radical (unpaired) electrons. The van der Waals surface area contributed by atoms with Crippen LogP contribution in [0.5, 0.6) is 0 Å². The number of aryl methyl sites for hydroxylation is 1. The molecule has 1 aromatic heterocycles.